The van der Waals surface area contributed by atoms with Gasteiger partial charge in [-0.3, -0.25) is 10.1 Å². The maximum Gasteiger partial charge on any atom is 0.241 e. The number of hydrogen-bond acceptors (Lipinski definition) is 2. The molecule has 1 amide bonds. The number of carbonyl (C=O) groups is 1. The molecule has 3 heteroatoms. The smallest absolute Gasteiger partial charge is 0.241 e. The molecule has 3 atom stereocenters. The minimum absolute atomic E-state index is 0.0753. The zero-order valence-electron chi connectivity index (χ0n) is 10.9. The predicted molar refractivity (Wildman–Crippen MR) is 64.9 cm³/mol. The molecule has 2 rings (SSSR count). The van der Waals surface area contributed by atoms with Gasteiger partial charge in [-0.1, -0.05) is 33.6 Å². The second kappa shape index (κ2) is 4.02. The van der Waals surface area contributed by atoms with Crippen molar-refractivity contribution in [1.29, 1.82) is 0 Å². The van der Waals surface area contributed by atoms with Gasteiger partial charge in [0.1, 0.15) is 0 Å². The Morgan fingerprint density at radius 2 is 2.12 bits per heavy atom. The summed E-state index contributed by atoms with van der Waals surface area (Å²) < 4.78 is 0. The highest BCUT2D eigenvalue weighted by Gasteiger charge is 2.55. The van der Waals surface area contributed by atoms with E-state index in [-0.39, 0.29) is 12.2 Å². The Hall–Kier alpha value is -0.570. The summed E-state index contributed by atoms with van der Waals surface area (Å²) in [5, 5.41) is 3.42. The molecule has 1 aliphatic heterocycles. The molecule has 0 aromatic heterocycles. The molecule has 92 valence electrons. The van der Waals surface area contributed by atoms with Gasteiger partial charge in [-0.15, -0.1) is 0 Å². The van der Waals surface area contributed by atoms with Crippen LogP contribution in [0.3, 0.4) is 0 Å². The summed E-state index contributed by atoms with van der Waals surface area (Å²) in [6.45, 7) is 8.77. The van der Waals surface area contributed by atoms with E-state index in [1.54, 1.807) is 0 Å². The molecular formula is C13H24N2O. The third-order valence-corrected chi connectivity index (χ3v) is 4.06. The van der Waals surface area contributed by atoms with Crippen molar-refractivity contribution in [2.45, 2.75) is 71.6 Å². The number of rotatable bonds is 4. The molecule has 0 aromatic rings. The zero-order valence-corrected chi connectivity index (χ0v) is 10.9. The lowest BCUT2D eigenvalue weighted by molar-refractivity contribution is -0.131. The average Bonchev–Trinajstić information content (AvgIpc) is 2.71. The van der Waals surface area contributed by atoms with Crippen molar-refractivity contribution in [2.75, 3.05) is 0 Å². The zero-order chi connectivity index (χ0) is 11.9. The van der Waals surface area contributed by atoms with E-state index in [4.69, 9.17) is 0 Å². The molecule has 2 fully saturated rings. The van der Waals surface area contributed by atoms with Crippen LogP contribution in [0.5, 0.6) is 0 Å². The summed E-state index contributed by atoms with van der Waals surface area (Å²) in [6, 6.07) is 0.542. The highest BCUT2D eigenvalue weighted by molar-refractivity contribution is 5.85. The lowest BCUT2D eigenvalue weighted by Crippen LogP contribution is -2.38. The van der Waals surface area contributed by atoms with E-state index < -0.39 is 0 Å². The number of nitrogens with one attached hydrogen (secondary N) is 1. The van der Waals surface area contributed by atoms with Crippen molar-refractivity contribution in [2.24, 2.45) is 5.41 Å². The van der Waals surface area contributed by atoms with Crippen LogP contribution < -0.4 is 5.32 Å². The Kier molecular flexibility index (Phi) is 2.99. The van der Waals surface area contributed by atoms with E-state index in [2.05, 4.69) is 37.9 Å². The van der Waals surface area contributed by atoms with E-state index in [9.17, 15) is 4.79 Å². The average molecular weight is 224 g/mol. The van der Waals surface area contributed by atoms with Crippen LogP contribution in [-0.4, -0.2) is 29.1 Å². The molecule has 2 aliphatic rings. The van der Waals surface area contributed by atoms with Gasteiger partial charge in [0.05, 0.1) is 12.2 Å². The Labute approximate surface area is 98.6 Å². The molecule has 1 saturated heterocycles. The van der Waals surface area contributed by atoms with Gasteiger partial charge >= 0.3 is 0 Å². The van der Waals surface area contributed by atoms with Crippen molar-refractivity contribution in [3.05, 3.63) is 0 Å². The minimum Gasteiger partial charge on any atom is -0.323 e. The topological polar surface area (TPSA) is 32.3 Å². The molecule has 0 spiro atoms. The fourth-order valence-electron chi connectivity index (χ4n) is 2.77. The predicted octanol–water partition coefficient (Wildman–Crippen LogP) is 2.12. The van der Waals surface area contributed by atoms with Crippen molar-refractivity contribution in [1.82, 2.24) is 10.2 Å². The maximum atomic E-state index is 12.3. The first-order valence-corrected chi connectivity index (χ1v) is 6.55. The normalized spacial score (nSPS) is 36.9. The minimum atomic E-state index is 0.0753. The maximum absolute atomic E-state index is 12.3. The van der Waals surface area contributed by atoms with Crippen LogP contribution >= 0.6 is 0 Å². The van der Waals surface area contributed by atoms with Crippen molar-refractivity contribution >= 4 is 5.91 Å². The van der Waals surface area contributed by atoms with Gasteiger partial charge in [0, 0.05) is 6.04 Å². The van der Waals surface area contributed by atoms with Gasteiger partial charge in [0.25, 0.3) is 0 Å². The van der Waals surface area contributed by atoms with E-state index in [0.717, 1.165) is 25.7 Å². The summed E-state index contributed by atoms with van der Waals surface area (Å²) in [4.78, 5) is 14.3. The van der Waals surface area contributed by atoms with E-state index >= 15 is 0 Å². The Morgan fingerprint density at radius 1 is 1.50 bits per heavy atom. The largest absolute Gasteiger partial charge is 0.323 e. The molecular weight excluding hydrogens is 200 g/mol. The van der Waals surface area contributed by atoms with E-state index in [1.807, 2.05) is 0 Å². The quantitative estimate of drug-likeness (QED) is 0.793. The molecule has 0 radical (unpaired) electrons. The van der Waals surface area contributed by atoms with Gasteiger partial charge in [-0.2, -0.15) is 0 Å². The summed E-state index contributed by atoms with van der Waals surface area (Å²) in [5.41, 5.74) is 0.339. The third kappa shape index (κ3) is 1.97. The number of amides is 1. The van der Waals surface area contributed by atoms with Gasteiger partial charge in [0.15, 0.2) is 0 Å². The number of nitrogens with zero attached hydrogens (tertiary/aromatic N) is 1. The van der Waals surface area contributed by atoms with E-state index in [1.165, 1.54) is 0 Å². The Morgan fingerprint density at radius 3 is 2.62 bits per heavy atom. The molecule has 16 heavy (non-hydrogen) atoms. The summed E-state index contributed by atoms with van der Waals surface area (Å²) in [5.74, 6) is 0.330. The van der Waals surface area contributed by atoms with E-state index in [0.29, 0.717) is 17.4 Å². The lowest BCUT2D eigenvalue weighted by Gasteiger charge is -2.22. The standard InChI is InChI=1S/C13H24N2O/c1-5-6-7-10-12(16)15(9(2)14-10)11-8-13(11,3)4/h9-11,14H,5-8H2,1-4H3. The third-order valence-electron chi connectivity index (χ3n) is 4.06. The van der Waals surface area contributed by atoms with Crippen molar-refractivity contribution in [3.63, 3.8) is 0 Å². The molecule has 1 saturated carbocycles. The first kappa shape index (κ1) is 11.9. The Bertz CT molecular complexity index is 288. The molecule has 1 heterocycles. The van der Waals surface area contributed by atoms with Crippen LogP contribution in [-0.2, 0) is 4.79 Å². The number of hydrogen-bond donors (Lipinski definition) is 1. The first-order valence-electron chi connectivity index (χ1n) is 6.55. The molecule has 3 nitrogen and oxygen atoms in total. The highest BCUT2D eigenvalue weighted by Crippen LogP contribution is 2.50. The molecule has 3 unspecified atom stereocenters. The summed E-state index contributed by atoms with van der Waals surface area (Å²) >= 11 is 0. The molecule has 0 bridgehead atoms. The van der Waals surface area contributed by atoms with Crippen LogP contribution in [0.25, 0.3) is 0 Å². The summed E-state index contributed by atoms with van der Waals surface area (Å²) in [7, 11) is 0. The molecule has 1 N–H and O–H groups in total. The Balaban J connectivity index is 1.98. The van der Waals surface area contributed by atoms with Gasteiger partial charge < -0.3 is 4.90 Å². The summed E-state index contributed by atoms with van der Waals surface area (Å²) in [6.07, 6.45) is 4.67. The highest BCUT2D eigenvalue weighted by atomic mass is 16.2. The SMILES string of the molecule is CCCCC1NC(C)N(C2CC2(C)C)C1=O. The lowest BCUT2D eigenvalue weighted by atomic mass is 10.1. The van der Waals surface area contributed by atoms with Crippen LogP contribution in [0.15, 0.2) is 0 Å². The molecule has 1 aliphatic carbocycles. The van der Waals surface area contributed by atoms with Crippen LogP contribution in [0.1, 0.15) is 53.4 Å². The van der Waals surface area contributed by atoms with Gasteiger partial charge in [0.2, 0.25) is 5.91 Å². The fourth-order valence-corrected chi connectivity index (χ4v) is 2.77. The van der Waals surface area contributed by atoms with Crippen LogP contribution in [0, 0.1) is 5.41 Å². The monoisotopic (exact) mass is 224 g/mol. The van der Waals surface area contributed by atoms with Gasteiger partial charge in [-0.05, 0) is 25.2 Å². The van der Waals surface area contributed by atoms with Crippen LogP contribution in [0.2, 0.25) is 0 Å². The molecule has 0 aromatic carbocycles. The van der Waals surface area contributed by atoms with Gasteiger partial charge in [-0.25, -0.2) is 0 Å². The number of carbonyl (C=O) groups excluding carboxylic acids is 1. The second-order valence-corrected chi connectivity index (χ2v) is 5.99. The number of unbranched alkanes of at least 4 members (excludes halogenated alkanes) is 1. The van der Waals surface area contributed by atoms with Crippen molar-refractivity contribution in [3.8, 4) is 0 Å². The first-order chi connectivity index (χ1) is 7.47. The fraction of sp³-hybridized carbons (Fsp3) is 0.923. The van der Waals surface area contributed by atoms with Crippen molar-refractivity contribution < 1.29 is 4.79 Å². The van der Waals surface area contributed by atoms with Crippen LogP contribution in [0.4, 0.5) is 0 Å². The second-order valence-electron chi connectivity index (χ2n) is 5.99.